The molecule has 1 aliphatic heterocycles. The molecular weight excluding hydrogens is 473 g/mol. The summed E-state index contributed by atoms with van der Waals surface area (Å²) in [5.74, 6) is -0.983. The Morgan fingerprint density at radius 3 is 2.11 bits per heavy atom. The van der Waals surface area contributed by atoms with Gasteiger partial charge in [-0.1, -0.05) is 81.4 Å². The van der Waals surface area contributed by atoms with Gasteiger partial charge in [0, 0.05) is 8.80 Å². The maximum atomic E-state index is 14.8. The first-order chi connectivity index (χ1) is 17.4. The zero-order valence-electron chi connectivity index (χ0n) is 22.5. The molecule has 1 aliphatic rings. The number of unbranched alkanes of at least 4 members (excludes halogenated alkanes) is 4. The fourth-order valence-electron chi connectivity index (χ4n) is 5.55. The maximum absolute atomic E-state index is 14.8. The second-order valence-electron chi connectivity index (χ2n) is 11.0. The molecule has 1 fully saturated rings. The first-order valence-electron chi connectivity index (χ1n) is 14.3. The van der Waals surface area contributed by atoms with Gasteiger partial charge in [0.2, 0.25) is 0 Å². The smallest absolute Gasteiger partial charge is 0.191 e. The number of alkyl halides is 1. The minimum Gasteiger partial charge on any atom is -0.485 e. The van der Waals surface area contributed by atoms with Crippen LogP contribution >= 0.6 is 0 Å². The van der Waals surface area contributed by atoms with Crippen LogP contribution in [0.4, 0.5) is 13.2 Å². The van der Waals surface area contributed by atoms with E-state index in [4.69, 9.17) is 4.74 Å². The topological polar surface area (TPSA) is 9.23 Å². The lowest BCUT2D eigenvalue weighted by Gasteiger charge is -2.28. The molecule has 0 spiro atoms. The summed E-state index contributed by atoms with van der Waals surface area (Å²) in [7, 11) is -0.707. The lowest BCUT2D eigenvalue weighted by molar-refractivity contribution is 0.188. The van der Waals surface area contributed by atoms with Crippen LogP contribution < -0.4 is 4.74 Å². The summed E-state index contributed by atoms with van der Waals surface area (Å²) < 4.78 is 48.3. The largest absolute Gasteiger partial charge is 0.485 e. The fraction of sp³-hybridized carbons (Fsp3) is 0.613. The van der Waals surface area contributed by atoms with E-state index in [1.807, 2.05) is 19.1 Å². The van der Waals surface area contributed by atoms with Gasteiger partial charge in [-0.3, -0.25) is 0 Å². The Morgan fingerprint density at radius 2 is 1.50 bits per heavy atom. The standard InChI is InChI=1S/C31H45F3OSi/c1-4-5-6-7-8-11-24(3)35-31-29(33)21-28(22-30(31)34)26-14-12-25(13-15-26)27-16-19-36(20-17-27)18-9-10-23(2)32/h12-15,21-24,27,36H,4-11,16-20H2,1-3H3/t23-,24?,27?,36?/m1/s1. The van der Waals surface area contributed by atoms with Gasteiger partial charge in [0.1, 0.15) is 0 Å². The molecule has 0 bridgehead atoms. The quantitative estimate of drug-likeness (QED) is 0.179. The normalized spacial score (nSPS) is 19.7. The molecule has 2 aromatic carbocycles. The Labute approximate surface area is 218 Å². The van der Waals surface area contributed by atoms with Gasteiger partial charge in [-0.15, -0.1) is 0 Å². The van der Waals surface area contributed by atoms with E-state index in [1.54, 1.807) is 6.92 Å². The van der Waals surface area contributed by atoms with Crippen molar-refractivity contribution in [2.75, 3.05) is 0 Å². The van der Waals surface area contributed by atoms with E-state index < -0.39 is 26.6 Å². The average Bonchev–Trinajstić information content (AvgIpc) is 2.86. The molecule has 1 nitrogen and oxygen atoms in total. The predicted molar refractivity (Wildman–Crippen MR) is 149 cm³/mol. The summed E-state index contributed by atoms with van der Waals surface area (Å²) in [5, 5.41) is 0. The number of ether oxygens (including phenoxy) is 1. The molecule has 200 valence electrons. The van der Waals surface area contributed by atoms with Crippen molar-refractivity contribution in [3.8, 4) is 16.9 Å². The highest BCUT2D eigenvalue weighted by Gasteiger charge is 2.23. The third-order valence-corrected chi connectivity index (χ3v) is 11.3. The van der Waals surface area contributed by atoms with Gasteiger partial charge in [0.15, 0.2) is 17.4 Å². The molecule has 2 atom stereocenters. The molecule has 2 aromatic rings. The third-order valence-electron chi connectivity index (χ3n) is 7.81. The van der Waals surface area contributed by atoms with Gasteiger partial charge < -0.3 is 4.74 Å². The molecule has 3 rings (SSSR count). The Kier molecular flexibility index (Phi) is 11.9. The van der Waals surface area contributed by atoms with Crippen LogP contribution in [0.25, 0.3) is 11.1 Å². The third kappa shape index (κ3) is 8.97. The van der Waals surface area contributed by atoms with E-state index in [0.717, 1.165) is 31.2 Å². The Balaban J connectivity index is 1.53. The summed E-state index contributed by atoms with van der Waals surface area (Å²) >= 11 is 0. The van der Waals surface area contributed by atoms with Gasteiger partial charge in [0.05, 0.1) is 12.3 Å². The lowest BCUT2D eigenvalue weighted by Crippen LogP contribution is -2.20. The SMILES string of the molecule is CCCCCCCC(C)Oc1c(F)cc(-c2ccc(C3CC[SiH](CCC[C@@H](C)F)CC3)cc2)cc1F. The molecule has 0 radical (unpaired) electrons. The predicted octanol–water partition coefficient (Wildman–Crippen LogP) is 10.0. The zero-order valence-corrected chi connectivity index (χ0v) is 23.7. The molecule has 1 saturated heterocycles. The summed E-state index contributed by atoms with van der Waals surface area (Å²) in [6.07, 6.45) is 9.86. The highest BCUT2D eigenvalue weighted by Crippen LogP contribution is 2.37. The first kappa shape index (κ1) is 28.8. The minimum atomic E-state index is -0.707. The van der Waals surface area contributed by atoms with Gasteiger partial charge in [0.25, 0.3) is 0 Å². The van der Waals surface area contributed by atoms with Crippen molar-refractivity contribution in [1.82, 2.24) is 0 Å². The monoisotopic (exact) mass is 518 g/mol. The summed E-state index contributed by atoms with van der Waals surface area (Å²) in [5.41, 5.74) is 2.67. The average molecular weight is 519 g/mol. The van der Waals surface area contributed by atoms with E-state index in [2.05, 4.69) is 19.1 Å². The Morgan fingerprint density at radius 1 is 0.861 bits per heavy atom. The second kappa shape index (κ2) is 14.9. The maximum Gasteiger partial charge on any atom is 0.191 e. The van der Waals surface area contributed by atoms with Gasteiger partial charge >= 0.3 is 0 Å². The lowest BCUT2D eigenvalue weighted by atomic mass is 9.92. The molecule has 0 aromatic heterocycles. The van der Waals surface area contributed by atoms with Crippen molar-refractivity contribution in [2.24, 2.45) is 0 Å². The number of hydrogen-bond acceptors (Lipinski definition) is 1. The highest BCUT2D eigenvalue weighted by atomic mass is 28.3. The molecular formula is C31H45F3OSi. The van der Waals surface area contributed by atoms with Crippen molar-refractivity contribution in [3.05, 3.63) is 53.6 Å². The molecule has 0 saturated carbocycles. The van der Waals surface area contributed by atoms with Gasteiger partial charge in [-0.25, -0.2) is 13.2 Å². The van der Waals surface area contributed by atoms with E-state index in [9.17, 15) is 13.2 Å². The van der Waals surface area contributed by atoms with E-state index in [1.165, 1.54) is 67.9 Å². The van der Waals surface area contributed by atoms with Crippen molar-refractivity contribution in [2.45, 2.75) is 121 Å². The molecule has 0 amide bonds. The molecule has 1 heterocycles. The summed E-state index contributed by atoms with van der Waals surface area (Å²) in [6.45, 7) is 5.72. The van der Waals surface area contributed by atoms with Crippen LogP contribution in [0.3, 0.4) is 0 Å². The summed E-state index contributed by atoms with van der Waals surface area (Å²) in [4.78, 5) is 0. The number of benzene rings is 2. The summed E-state index contributed by atoms with van der Waals surface area (Å²) in [6, 6.07) is 14.9. The van der Waals surface area contributed by atoms with Crippen molar-refractivity contribution >= 4 is 8.80 Å². The number of hydrogen-bond donors (Lipinski definition) is 0. The molecule has 0 N–H and O–H groups in total. The van der Waals surface area contributed by atoms with E-state index >= 15 is 0 Å². The second-order valence-corrected chi connectivity index (χ2v) is 14.4. The van der Waals surface area contributed by atoms with Crippen LogP contribution in [-0.4, -0.2) is 21.1 Å². The number of rotatable bonds is 14. The zero-order chi connectivity index (χ0) is 25.9. The molecule has 0 aliphatic carbocycles. The molecule has 36 heavy (non-hydrogen) atoms. The van der Waals surface area contributed by atoms with Gasteiger partial charge in [-0.05, 0) is 80.7 Å². The van der Waals surface area contributed by atoms with E-state index in [0.29, 0.717) is 17.9 Å². The Hall–Kier alpha value is -1.75. The number of halogens is 3. The van der Waals surface area contributed by atoms with Crippen LogP contribution in [0, 0.1) is 11.6 Å². The van der Waals surface area contributed by atoms with Crippen molar-refractivity contribution in [1.29, 1.82) is 0 Å². The van der Waals surface area contributed by atoms with Crippen molar-refractivity contribution < 1.29 is 17.9 Å². The molecule has 1 unspecified atom stereocenters. The first-order valence-corrected chi connectivity index (χ1v) is 16.7. The van der Waals surface area contributed by atoms with Crippen LogP contribution in [-0.2, 0) is 0 Å². The minimum absolute atomic E-state index is 0.217. The van der Waals surface area contributed by atoms with Crippen LogP contribution in [0.1, 0.15) is 96.5 Å². The van der Waals surface area contributed by atoms with Gasteiger partial charge in [-0.2, -0.15) is 0 Å². The van der Waals surface area contributed by atoms with E-state index in [-0.39, 0.29) is 11.9 Å². The van der Waals surface area contributed by atoms with Crippen LogP contribution in [0.5, 0.6) is 5.75 Å². The van der Waals surface area contributed by atoms with Crippen molar-refractivity contribution in [3.63, 3.8) is 0 Å². The Bertz CT molecular complexity index is 884. The van der Waals surface area contributed by atoms with Crippen LogP contribution in [0.15, 0.2) is 36.4 Å². The van der Waals surface area contributed by atoms with Crippen LogP contribution in [0.2, 0.25) is 18.1 Å². The highest BCUT2D eigenvalue weighted by molar-refractivity contribution is 6.59. The molecule has 5 heteroatoms. The fourth-order valence-corrected chi connectivity index (χ4v) is 8.98.